The highest BCUT2D eigenvalue weighted by Gasteiger charge is 2.31. The van der Waals surface area contributed by atoms with Crippen LogP contribution in [0.15, 0.2) is 35.9 Å². The van der Waals surface area contributed by atoms with E-state index in [4.69, 9.17) is 0 Å². The Morgan fingerprint density at radius 3 is 2.69 bits per heavy atom. The van der Waals surface area contributed by atoms with Gasteiger partial charge in [0, 0.05) is 17.8 Å². The fourth-order valence-corrected chi connectivity index (χ4v) is 5.25. The molecule has 0 bridgehead atoms. The zero-order valence-electron chi connectivity index (χ0n) is 16.6. The molecule has 0 unspecified atom stereocenters. The van der Waals surface area contributed by atoms with Crippen LogP contribution in [0.4, 0.5) is 0 Å². The van der Waals surface area contributed by atoms with Gasteiger partial charge in [-0.2, -0.15) is 10.4 Å². The van der Waals surface area contributed by atoms with Crippen molar-refractivity contribution in [2.24, 2.45) is 0 Å². The van der Waals surface area contributed by atoms with E-state index in [1.807, 2.05) is 43.3 Å². The molecule has 1 saturated heterocycles. The van der Waals surface area contributed by atoms with Crippen LogP contribution in [0.25, 0.3) is 6.08 Å². The van der Waals surface area contributed by atoms with Crippen LogP contribution in [0.3, 0.4) is 0 Å². The molecule has 152 valence electrons. The highest BCUT2D eigenvalue weighted by Crippen LogP contribution is 2.27. The first-order valence-corrected chi connectivity index (χ1v) is 11.3. The summed E-state index contributed by atoms with van der Waals surface area (Å²) in [6, 6.07) is 11.5. The molecule has 0 aliphatic carbocycles. The number of nitriles is 1. The molecule has 29 heavy (non-hydrogen) atoms. The number of rotatable bonds is 6. The molecule has 0 spiro atoms. The lowest BCUT2D eigenvalue weighted by molar-refractivity contribution is -0.117. The van der Waals surface area contributed by atoms with Crippen LogP contribution in [0.1, 0.15) is 35.0 Å². The van der Waals surface area contributed by atoms with Gasteiger partial charge in [0.25, 0.3) is 5.91 Å². The Bertz CT molecular complexity index is 1080. The van der Waals surface area contributed by atoms with Crippen LogP contribution in [-0.2, 0) is 21.1 Å². The molecule has 1 aliphatic heterocycles. The second-order valence-electron chi connectivity index (χ2n) is 7.25. The van der Waals surface area contributed by atoms with Gasteiger partial charge in [-0.3, -0.25) is 9.48 Å². The van der Waals surface area contributed by atoms with E-state index in [2.05, 4.69) is 10.4 Å². The first-order valence-electron chi connectivity index (χ1n) is 9.51. The summed E-state index contributed by atoms with van der Waals surface area (Å²) in [4.78, 5) is 12.4. The lowest BCUT2D eigenvalue weighted by Crippen LogP contribution is -2.26. The van der Waals surface area contributed by atoms with Crippen molar-refractivity contribution in [2.45, 2.75) is 32.7 Å². The van der Waals surface area contributed by atoms with Crippen molar-refractivity contribution in [3.8, 4) is 6.07 Å². The summed E-state index contributed by atoms with van der Waals surface area (Å²) >= 11 is 0. The Hall–Kier alpha value is -2.92. The highest BCUT2D eigenvalue weighted by atomic mass is 32.2. The summed E-state index contributed by atoms with van der Waals surface area (Å²) < 4.78 is 25.3. The molecule has 7 nitrogen and oxygen atoms in total. The van der Waals surface area contributed by atoms with Gasteiger partial charge in [0.1, 0.15) is 11.6 Å². The maximum atomic E-state index is 12.4. The number of hydrogen-bond acceptors (Lipinski definition) is 5. The number of aromatic nitrogens is 2. The third-order valence-electron chi connectivity index (χ3n) is 5.13. The van der Waals surface area contributed by atoms with Crippen molar-refractivity contribution in [1.82, 2.24) is 15.1 Å². The number of amides is 1. The molecule has 1 atom stereocenters. The van der Waals surface area contributed by atoms with Gasteiger partial charge in [-0.1, -0.05) is 30.3 Å². The van der Waals surface area contributed by atoms with E-state index in [9.17, 15) is 18.5 Å². The van der Waals surface area contributed by atoms with E-state index < -0.39 is 15.7 Å². The van der Waals surface area contributed by atoms with Gasteiger partial charge in [0.2, 0.25) is 0 Å². The molecule has 8 heteroatoms. The lowest BCUT2D eigenvalue weighted by Gasteiger charge is -2.11. The molecule has 1 N–H and O–H groups in total. The standard InChI is InChI=1S/C21H24N4O3S/c1-15-20(16(2)25(24-15)19-9-11-29(27,28)14-19)12-18(13-22)21(26)23-10-8-17-6-4-3-5-7-17/h3-7,12,19H,8-11,14H2,1-2H3,(H,23,26)/b18-12+/t19-/m1/s1. The number of hydrogen-bond donors (Lipinski definition) is 1. The van der Waals surface area contributed by atoms with E-state index in [0.29, 0.717) is 30.6 Å². The third-order valence-corrected chi connectivity index (χ3v) is 6.88. The predicted molar refractivity (Wildman–Crippen MR) is 111 cm³/mol. The summed E-state index contributed by atoms with van der Waals surface area (Å²) in [5.74, 6) is -0.198. The molecular weight excluding hydrogens is 388 g/mol. The summed E-state index contributed by atoms with van der Waals surface area (Å²) in [7, 11) is -3.03. The maximum absolute atomic E-state index is 12.4. The van der Waals surface area contributed by atoms with Crippen LogP contribution in [-0.4, -0.2) is 42.2 Å². The Labute approximate surface area is 171 Å². The number of carbonyl (C=O) groups excluding carboxylic acids is 1. The Morgan fingerprint density at radius 2 is 2.07 bits per heavy atom. The molecule has 2 heterocycles. The highest BCUT2D eigenvalue weighted by molar-refractivity contribution is 7.91. The number of sulfone groups is 1. The van der Waals surface area contributed by atoms with Crippen LogP contribution in [0.2, 0.25) is 0 Å². The van der Waals surface area contributed by atoms with E-state index in [0.717, 1.165) is 11.3 Å². The zero-order valence-corrected chi connectivity index (χ0v) is 17.4. The van der Waals surface area contributed by atoms with Crippen molar-refractivity contribution < 1.29 is 13.2 Å². The van der Waals surface area contributed by atoms with Gasteiger partial charge < -0.3 is 5.32 Å². The topological polar surface area (TPSA) is 105 Å². The quantitative estimate of drug-likeness (QED) is 0.578. The minimum Gasteiger partial charge on any atom is -0.351 e. The van der Waals surface area contributed by atoms with Crippen molar-refractivity contribution in [2.75, 3.05) is 18.1 Å². The molecule has 1 fully saturated rings. The molecule has 1 amide bonds. The summed E-state index contributed by atoms with van der Waals surface area (Å²) in [5, 5.41) is 16.7. The van der Waals surface area contributed by atoms with Gasteiger partial charge in [0.15, 0.2) is 9.84 Å². The number of aryl methyl sites for hydroxylation is 1. The van der Waals surface area contributed by atoms with Crippen LogP contribution < -0.4 is 5.32 Å². The van der Waals surface area contributed by atoms with Gasteiger partial charge in [-0.05, 0) is 38.3 Å². The minimum atomic E-state index is -3.03. The second kappa shape index (κ2) is 8.62. The van der Waals surface area contributed by atoms with Crippen molar-refractivity contribution in [3.63, 3.8) is 0 Å². The maximum Gasteiger partial charge on any atom is 0.261 e. The molecule has 1 aromatic heterocycles. The molecule has 0 radical (unpaired) electrons. The van der Waals surface area contributed by atoms with E-state index in [1.54, 1.807) is 11.6 Å². The molecular formula is C21H24N4O3S. The number of nitrogens with one attached hydrogen (secondary N) is 1. The third kappa shape index (κ3) is 4.93. The lowest BCUT2D eigenvalue weighted by atomic mass is 10.1. The van der Waals surface area contributed by atoms with Crippen molar-refractivity contribution in [1.29, 1.82) is 5.26 Å². The van der Waals surface area contributed by atoms with Gasteiger partial charge in [-0.25, -0.2) is 8.42 Å². The Kier molecular flexibility index (Phi) is 6.18. The molecule has 1 aliphatic rings. The van der Waals surface area contributed by atoms with Crippen molar-refractivity contribution >= 4 is 21.8 Å². The van der Waals surface area contributed by atoms with E-state index in [1.165, 1.54) is 6.08 Å². The molecule has 3 rings (SSSR count). The zero-order chi connectivity index (χ0) is 21.0. The Balaban J connectivity index is 1.73. The normalized spacial score (nSPS) is 18.4. The SMILES string of the molecule is Cc1nn([C@@H]2CCS(=O)(=O)C2)c(C)c1/C=C(\C#N)C(=O)NCCc1ccccc1. The monoisotopic (exact) mass is 412 g/mol. The van der Waals surface area contributed by atoms with Crippen LogP contribution in [0, 0.1) is 25.2 Å². The summed E-state index contributed by atoms with van der Waals surface area (Å²) in [5.41, 5.74) is 3.22. The largest absolute Gasteiger partial charge is 0.351 e. The van der Waals surface area contributed by atoms with Gasteiger partial charge in [-0.15, -0.1) is 0 Å². The fraction of sp³-hybridized carbons (Fsp3) is 0.381. The van der Waals surface area contributed by atoms with Gasteiger partial charge >= 0.3 is 0 Å². The first kappa shape index (κ1) is 20.8. The minimum absolute atomic E-state index is 0.00264. The van der Waals surface area contributed by atoms with Crippen LogP contribution >= 0.6 is 0 Å². The predicted octanol–water partition coefficient (Wildman–Crippen LogP) is 2.13. The second-order valence-corrected chi connectivity index (χ2v) is 9.48. The molecule has 1 aromatic carbocycles. The summed E-state index contributed by atoms with van der Waals surface area (Å²) in [6.45, 7) is 4.05. The van der Waals surface area contributed by atoms with Crippen LogP contribution in [0.5, 0.6) is 0 Å². The number of carbonyl (C=O) groups is 1. The molecule has 2 aromatic rings. The number of benzene rings is 1. The average Bonchev–Trinajstić information content (AvgIpc) is 3.19. The Morgan fingerprint density at radius 1 is 1.34 bits per heavy atom. The van der Waals surface area contributed by atoms with E-state index in [-0.39, 0.29) is 23.1 Å². The first-order chi connectivity index (χ1) is 13.8. The molecule has 0 saturated carbocycles. The van der Waals surface area contributed by atoms with E-state index >= 15 is 0 Å². The van der Waals surface area contributed by atoms with Gasteiger partial charge in [0.05, 0.1) is 23.2 Å². The fourth-order valence-electron chi connectivity index (χ4n) is 3.56. The smallest absolute Gasteiger partial charge is 0.261 e. The van der Waals surface area contributed by atoms with Crippen molar-refractivity contribution in [3.05, 3.63) is 58.4 Å². The summed E-state index contributed by atoms with van der Waals surface area (Å²) in [6.07, 6.45) is 2.74. The number of nitrogens with zero attached hydrogens (tertiary/aromatic N) is 3. The average molecular weight is 413 g/mol.